The molecule has 0 atom stereocenters. The highest BCUT2D eigenvalue weighted by Gasteiger charge is 1.95. The Labute approximate surface area is 163 Å². The second-order valence-electron chi connectivity index (χ2n) is 7.29. The van der Waals surface area contributed by atoms with Crippen molar-refractivity contribution in [2.45, 2.75) is 97.5 Å². The summed E-state index contributed by atoms with van der Waals surface area (Å²) in [6.07, 6.45) is 15.4. The molecule has 0 aliphatic carbocycles. The Morgan fingerprint density at radius 3 is 1.31 bits per heavy atom. The van der Waals surface area contributed by atoms with E-state index in [9.17, 15) is 0 Å². The fourth-order valence-electron chi connectivity index (χ4n) is 2.75. The Kier molecular flexibility index (Phi) is 22.7. The molecule has 0 unspecified atom stereocenters. The molecule has 0 aliphatic heterocycles. The molecule has 0 radical (unpaired) electrons. The Hall–Kier alpha value is -0.160. The van der Waals surface area contributed by atoms with Gasteiger partial charge in [0.1, 0.15) is 0 Å². The average Bonchev–Trinajstić information content (AvgIpc) is 2.62. The molecule has 0 aromatic heterocycles. The zero-order valence-electron chi connectivity index (χ0n) is 17.9. The van der Waals surface area contributed by atoms with E-state index in [-0.39, 0.29) is 6.10 Å². The topological polar surface area (TPSA) is 36.9 Å². The van der Waals surface area contributed by atoms with Gasteiger partial charge in [0.05, 0.1) is 45.7 Å². The molecule has 0 fully saturated rings. The maximum atomic E-state index is 5.60. The number of hydrogen-bond acceptors (Lipinski definition) is 4. The van der Waals surface area contributed by atoms with E-state index < -0.39 is 0 Å². The number of rotatable bonds is 22. The Morgan fingerprint density at radius 1 is 0.462 bits per heavy atom. The van der Waals surface area contributed by atoms with Crippen LogP contribution in [0.3, 0.4) is 0 Å². The van der Waals surface area contributed by atoms with Crippen LogP contribution in [-0.4, -0.2) is 52.4 Å². The molecule has 26 heavy (non-hydrogen) atoms. The first-order chi connectivity index (χ1) is 12.8. The Bertz CT molecular complexity index is 246. The first-order valence-corrected chi connectivity index (χ1v) is 11.1. The molecule has 0 amide bonds. The summed E-state index contributed by atoms with van der Waals surface area (Å²) in [5.41, 5.74) is 0. The first-order valence-electron chi connectivity index (χ1n) is 11.1. The van der Waals surface area contributed by atoms with Crippen molar-refractivity contribution in [3.8, 4) is 0 Å². The van der Waals surface area contributed by atoms with Gasteiger partial charge in [-0.2, -0.15) is 0 Å². The van der Waals surface area contributed by atoms with Crippen LogP contribution in [0, 0.1) is 0 Å². The van der Waals surface area contributed by atoms with Gasteiger partial charge in [-0.3, -0.25) is 0 Å². The minimum Gasteiger partial charge on any atom is -0.379 e. The zero-order valence-corrected chi connectivity index (χ0v) is 17.9. The largest absolute Gasteiger partial charge is 0.379 e. The molecule has 0 heterocycles. The fraction of sp³-hybridized carbons (Fsp3) is 1.00. The Morgan fingerprint density at radius 2 is 0.846 bits per heavy atom. The molecule has 0 spiro atoms. The third-order valence-electron chi connectivity index (χ3n) is 4.32. The summed E-state index contributed by atoms with van der Waals surface area (Å²) in [5.74, 6) is 0. The summed E-state index contributed by atoms with van der Waals surface area (Å²) in [6.45, 7) is 11.1. The molecule has 0 bridgehead atoms. The van der Waals surface area contributed by atoms with Gasteiger partial charge in [0.2, 0.25) is 0 Å². The van der Waals surface area contributed by atoms with E-state index in [0.717, 1.165) is 6.61 Å². The Balaban J connectivity index is 2.97. The lowest BCUT2D eigenvalue weighted by molar-refractivity contribution is -0.0119. The highest BCUT2D eigenvalue weighted by Crippen LogP contribution is 2.11. The molecule has 0 rings (SSSR count). The van der Waals surface area contributed by atoms with E-state index in [1.807, 2.05) is 13.8 Å². The lowest BCUT2D eigenvalue weighted by Gasteiger charge is -2.09. The maximum Gasteiger partial charge on any atom is 0.0703 e. The van der Waals surface area contributed by atoms with Gasteiger partial charge in [0.15, 0.2) is 0 Å². The van der Waals surface area contributed by atoms with Crippen molar-refractivity contribution >= 4 is 0 Å². The van der Waals surface area contributed by atoms with Crippen LogP contribution < -0.4 is 0 Å². The zero-order chi connectivity index (χ0) is 19.1. The van der Waals surface area contributed by atoms with Crippen LogP contribution >= 0.6 is 0 Å². The van der Waals surface area contributed by atoms with Crippen LogP contribution in [0.25, 0.3) is 0 Å². The predicted molar refractivity (Wildman–Crippen MR) is 110 cm³/mol. The molecule has 0 aliphatic rings. The molecule has 0 saturated heterocycles. The summed E-state index contributed by atoms with van der Waals surface area (Å²) in [5, 5.41) is 0. The fourth-order valence-corrected chi connectivity index (χ4v) is 2.75. The first kappa shape index (κ1) is 25.8. The molecule has 4 nitrogen and oxygen atoms in total. The molecule has 0 aromatic rings. The normalized spacial score (nSPS) is 11.5. The van der Waals surface area contributed by atoms with Crippen molar-refractivity contribution in [1.82, 2.24) is 0 Å². The van der Waals surface area contributed by atoms with Crippen LogP contribution in [0.5, 0.6) is 0 Å². The van der Waals surface area contributed by atoms with Crippen LogP contribution in [-0.2, 0) is 18.9 Å². The molecular formula is C22H46O4. The highest BCUT2D eigenvalue weighted by atomic mass is 16.6. The van der Waals surface area contributed by atoms with Crippen LogP contribution in [0.1, 0.15) is 91.4 Å². The van der Waals surface area contributed by atoms with E-state index in [4.69, 9.17) is 18.9 Å². The van der Waals surface area contributed by atoms with E-state index in [0.29, 0.717) is 39.6 Å². The monoisotopic (exact) mass is 374 g/mol. The summed E-state index contributed by atoms with van der Waals surface area (Å²) < 4.78 is 21.9. The van der Waals surface area contributed by atoms with Gasteiger partial charge in [-0.05, 0) is 20.3 Å². The third kappa shape index (κ3) is 23.8. The lowest BCUT2D eigenvalue weighted by atomic mass is 10.1. The van der Waals surface area contributed by atoms with E-state index >= 15 is 0 Å². The van der Waals surface area contributed by atoms with E-state index in [2.05, 4.69) is 6.92 Å². The average molecular weight is 375 g/mol. The number of hydrogen-bond donors (Lipinski definition) is 0. The summed E-state index contributed by atoms with van der Waals surface area (Å²) in [4.78, 5) is 0. The van der Waals surface area contributed by atoms with Gasteiger partial charge in [-0.25, -0.2) is 0 Å². The van der Waals surface area contributed by atoms with Crippen LogP contribution in [0.15, 0.2) is 0 Å². The van der Waals surface area contributed by atoms with Gasteiger partial charge < -0.3 is 18.9 Å². The molecular weight excluding hydrogens is 328 g/mol. The van der Waals surface area contributed by atoms with Crippen LogP contribution in [0.4, 0.5) is 0 Å². The van der Waals surface area contributed by atoms with Gasteiger partial charge in [0, 0.05) is 6.61 Å². The van der Waals surface area contributed by atoms with Gasteiger partial charge >= 0.3 is 0 Å². The van der Waals surface area contributed by atoms with Gasteiger partial charge in [-0.15, -0.1) is 0 Å². The van der Waals surface area contributed by atoms with E-state index in [1.54, 1.807) is 0 Å². The van der Waals surface area contributed by atoms with E-state index in [1.165, 1.54) is 70.6 Å². The minimum absolute atomic E-state index is 0.271. The second kappa shape index (κ2) is 22.9. The lowest BCUT2D eigenvalue weighted by Crippen LogP contribution is -2.13. The summed E-state index contributed by atoms with van der Waals surface area (Å²) in [7, 11) is 0. The smallest absolute Gasteiger partial charge is 0.0703 e. The summed E-state index contributed by atoms with van der Waals surface area (Å²) in [6, 6.07) is 0. The SMILES string of the molecule is CCCCCCCCCCCCCOCCOCCOCCOC(C)C. The molecule has 158 valence electrons. The quantitative estimate of drug-likeness (QED) is 0.225. The number of unbranched alkanes of at least 4 members (excludes halogenated alkanes) is 10. The summed E-state index contributed by atoms with van der Waals surface area (Å²) >= 11 is 0. The van der Waals surface area contributed by atoms with Gasteiger partial charge in [0.25, 0.3) is 0 Å². The third-order valence-corrected chi connectivity index (χ3v) is 4.32. The van der Waals surface area contributed by atoms with Crippen molar-refractivity contribution in [1.29, 1.82) is 0 Å². The molecule has 4 heteroatoms. The van der Waals surface area contributed by atoms with Crippen molar-refractivity contribution in [3.05, 3.63) is 0 Å². The molecule has 0 aromatic carbocycles. The highest BCUT2D eigenvalue weighted by molar-refractivity contribution is 4.48. The van der Waals surface area contributed by atoms with Crippen LogP contribution in [0.2, 0.25) is 0 Å². The number of ether oxygens (including phenoxy) is 4. The minimum atomic E-state index is 0.271. The van der Waals surface area contributed by atoms with Gasteiger partial charge in [-0.1, -0.05) is 71.1 Å². The van der Waals surface area contributed by atoms with Crippen molar-refractivity contribution in [2.75, 3.05) is 46.2 Å². The predicted octanol–water partition coefficient (Wildman–Crippen LogP) is 5.77. The molecule has 0 N–H and O–H groups in total. The standard InChI is InChI=1S/C22H46O4/c1-4-5-6-7-8-9-10-11-12-13-14-15-23-16-17-24-18-19-25-20-21-26-22(2)3/h22H,4-21H2,1-3H3. The second-order valence-corrected chi connectivity index (χ2v) is 7.29. The van der Waals surface area contributed by atoms with Crippen molar-refractivity contribution in [2.24, 2.45) is 0 Å². The van der Waals surface area contributed by atoms with Crippen molar-refractivity contribution < 1.29 is 18.9 Å². The van der Waals surface area contributed by atoms with Crippen molar-refractivity contribution in [3.63, 3.8) is 0 Å². The molecule has 0 saturated carbocycles. The maximum absolute atomic E-state index is 5.60.